The first-order valence-electron chi connectivity index (χ1n) is 7.14. The van der Waals surface area contributed by atoms with Gasteiger partial charge < -0.3 is 0 Å². The zero-order valence-electron chi connectivity index (χ0n) is 12.7. The zero-order valence-corrected chi connectivity index (χ0v) is 15.9. The molecule has 0 saturated heterocycles. The van der Waals surface area contributed by atoms with Crippen molar-refractivity contribution < 1.29 is 0 Å². The highest BCUT2D eigenvalue weighted by Crippen LogP contribution is 2.27. The van der Waals surface area contributed by atoms with Crippen LogP contribution in [0.2, 0.25) is 0 Å². The van der Waals surface area contributed by atoms with E-state index in [9.17, 15) is 0 Å². The summed E-state index contributed by atoms with van der Waals surface area (Å²) in [6.07, 6.45) is 1.93. The number of rotatable bonds is 5. The van der Waals surface area contributed by atoms with Crippen molar-refractivity contribution in [2.45, 2.75) is 39.0 Å². The van der Waals surface area contributed by atoms with Crippen LogP contribution in [0.15, 0.2) is 34.1 Å². The van der Waals surface area contributed by atoms with Gasteiger partial charge >= 0.3 is 0 Å². The van der Waals surface area contributed by atoms with Gasteiger partial charge in [0.25, 0.3) is 0 Å². The van der Waals surface area contributed by atoms with Gasteiger partial charge in [-0.2, -0.15) is 0 Å². The first kappa shape index (κ1) is 17.0. The quantitative estimate of drug-likeness (QED) is 0.588. The fourth-order valence-electron chi connectivity index (χ4n) is 2.15. The van der Waals surface area contributed by atoms with E-state index in [-0.39, 0.29) is 5.41 Å². The normalized spacial score (nSPS) is 13.4. The highest BCUT2D eigenvalue weighted by atomic mass is 79.9. The fraction of sp³-hybridized carbons (Fsp3) is 0.471. The van der Waals surface area contributed by atoms with E-state index in [2.05, 4.69) is 60.3 Å². The van der Waals surface area contributed by atoms with E-state index < -0.39 is 0 Å². The summed E-state index contributed by atoms with van der Waals surface area (Å²) >= 11 is 11.5. The van der Waals surface area contributed by atoms with Gasteiger partial charge in [-0.15, -0.1) is 22.9 Å². The zero-order chi connectivity index (χ0) is 15.5. The molecule has 4 heteroatoms. The van der Waals surface area contributed by atoms with Crippen LogP contribution in [0.4, 0.5) is 0 Å². The van der Waals surface area contributed by atoms with E-state index in [1.54, 1.807) is 11.3 Å². The van der Waals surface area contributed by atoms with Crippen molar-refractivity contribution in [1.29, 1.82) is 0 Å². The minimum absolute atomic E-state index is 0.119. The van der Waals surface area contributed by atoms with Crippen LogP contribution in [0.1, 0.15) is 37.0 Å². The average Bonchev–Trinajstić information content (AvgIpc) is 2.89. The summed E-state index contributed by atoms with van der Waals surface area (Å²) in [7, 11) is 0. The lowest BCUT2D eigenvalue weighted by Crippen LogP contribution is -2.13. The molecule has 1 heterocycles. The van der Waals surface area contributed by atoms with Crippen molar-refractivity contribution in [3.63, 3.8) is 0 Å². The number of hydrogen-bond acceptors (Lipinski definition) is 2. The Kier molecular flexibility index (Phi) is 5.87. The second-order valence-electron chi connectivity index (χ2n) is 6.40. The Hall–Kier alpha value is -0.380. The first-order valence-corrected chi connectivity index (χ1v) is 9.35. The molecule has 1 aromatic carbocycles. The summed E-state index contributed by atoms with van der Waals surface area (Å²) in [4.78, 5) is 4.78. The minimum Gasteiger partial charge on any atom is -0.246 e. The van der Waals surface area contributed by atoms with Gasteiger partial charge in [-0.1, -0.05) is 54.9 Å². The predicted octanol–water partition coefficient (Wildman–Crippen LogP) is 5.84. The number of aromatic nitrogens is 1. The number of nitrogens with zero attached hydrogens (tertiary/aromatic N) is 1. The Morgan fingerprint density at radius 2 is 1.95 bits per heavy atom. The van der Waals surface area contributed by atoms with E-state index in [1.165, 1.54) is 16.3 Å². The molecule has 21 heavy (non-hydrogen) atoms. The molecule has 2 aromatic rings. The van der Waals surface area contributed by atoms with Crippen molar-refractivity contribution in [2.75, 3.05) is 5.88 Å². The number of benzene rings is 1. The van der Waals surface area contributed by atoms with E-state index >= 15 is 0 Å². The minimum atomic E-state index is 0.119. The molecule has 0 fully saturated rings. The molecule has 0 aliphatic rings. The third-order valence-corrected chi connectivity index (χ3v) is 5.55. The molecule has 0 spiro atoms. The van der Waals surface area contributed by atoms with Crippen LogP contribution >= 0.6 is 38.9 Å². The summed E-state index contributed by atoms with van der Waals surface area (Å²) in [6, 6.07) is 8.36. The first-order chi connectivity index (χ1) is 9.90. The van der Waals surface area contributed by atoms with Crippen LogP contribution in [-0.4, -0.2) is 10.9 Å². The van der Waals surface area contributed by atoms with Crippen LogP contribution in [0.5, 0.6) is 0 Å². The molecule has 0 saturated carbocycles. The highest BCUT2D eigenvalue weighted by Gasteiger charge is 2.19. The van der Waals surface area contributed by atoms with Crippen molar-refractivity contribution >= 4 is 38.9 Å². The summed E-state index contributed by atoms with van der Waals surface area (Å²) in [6.45, 7) is 6.60. The average molecular weight is 387 g/mol. The summed E-state index contributed by atoms with van der Waals surface area (Å²) < 4.78 is 1.16. The second kappa shape index (κ2) is 7.26. The fourth-order valence-corrected chi connectivity index (χ4v) is 3.95. The van der Waals surface area contributed by atoms with Gasteiger partial charge in [-0.3, -0.25) is 0 Å². The van der Waals surface area contributed by atoms with Gasteiger partial charge in [0, 0.05) is 27.6 Å². The Morgan fingerprint density at radius 3 is 2.52 bits per heavy atom. The van der Waals surface area contributed by atoms with Crippen LogP contribution in [0.25, 0.3) is 0 Å². The number of thiazole rings is 1. The number of hydrogen-bond donors (Lipinski definition) is 0. The second-order valence-corrected chi connectivity index (χ2v) is 8.50. The van der Waals surface area contributed by atoms with Gasteiger partial charge in [0.15, 0.2) is 0 Å². The molecular formula is C17H21BrClNS. The number of alkyl halides is 1. The third kappa shape index (κ3) is 4.80. The standard InChI is InChI=1S/C17H21BrClNS/c1-17(2,3)15-11-21-16(20-15)9-12(10-19)8-13-6-4-5-7-14(13)18/h4-7,11-12H,8-10H2,1-3H3. The molecule has 0 amide bonds. The van der Waals surface area contributed by atoms with Gasteiger partial charge in [0.05, 0.1) is 10.7 Å². The van der Waals surface area contributed by atoms with Crippen molar-refractivity contribution in [2.24, 2.45) is 5.92 Å². The van der Waals surface area contributed by atoms with Crippen LogP contribution in [0, 0.1) is 5.92 Å². The lowest BCUT2D eigenvalue weighted by atomic mass is 9.93. The summed E-state index contributed by atoms with van der Waals surface area (Å²) in [5, 5.41) is 3.37. The van der Waals surface area contributed by atoms with E-state index in [4.69, 9.17) is 16.6 Å². The van der Waals surface area contributed by atoms with Crippen molar-refractivity contribution in [1.82, 2.24) is 4.98 Å². The van der Waals surface area contributed by atoms with Gasteiger partial charge in [0.1, 0.15) is 0 Å². The highest BCUT2D eigenvalue weighted by molar-refractivity contribution is 9.10. The summed E-state index contributed by atoms with van der Waals surface area (Å²) in [5.41, 5.74) is 2.61. The molecule has 114 valence electrons. The summed E-state index contributed by atoms with van der Waals surface area (Å²) in [5.74, 6) is 1.08. The molecule has 1 nitrogen and oxygen atoms in total. The molecule has 1 atom stereocenters. The third-order valence-electron chi connectivity index (χ3n) is 3.47. The van der Waals surface area contributed by atoms with Crippen LogP contribution in [0.3, 0.4) is 0 Å². The van der Waals surface area contributed by atoms with Crippen LogP contribution in [-0.2, 0) is 18.3 Å². The van der Waals surface area contributed by atoms with Gasteiger partial charge in [-0.05, 0) is 24.0 Å². The SMILES string of the molecule is CC(C)(C)c1csc(CC(CCl)Cc2ccccc2Br)n1. The molecular weight excluding hydrogens is 366 g/mol. The van der Waals surface area contributed by atoms with Gasteiger partial charge in [-0.25, -0.2) is 4.98 Å². The molecule has 0 bridgehead atoms. The molecule has 0 aliphatic carbocycles. The lowest BCUT2D eigenvalue weighted by molar-refractivity contribution is 0.556. The maximum absolute atomic E-state index is 6.18. The maximum atomic E-state index is 6.18. The van der Waals surface area contributed by atoms with Crippen LogP contribution < -0.4 is 0 Å². The Balaban J connectivity index is 2.06. The molecule has 1 unspecified atom stereocenters. The van der Waals surface area contributed by atoms with E-state index in [0.717, 1.165) is 17.3 Å². The number of halogens is 2. The van der Waals surface area contributed by atoms with Crippen molar-refractivity contribution in [3.8, 4) is 0 Å². The largest absolute Gasteiger partial charge is 0.246 e. The Morgan fingerprint density at radius 1 is 1.24 bits per heavy atom. The molecule has 0 radical (unpaired) electrons. The molecule has 0 N–H and O–H groups in total. The maximum Gasteiger partial charge on any atom is 0.0931 e. The monoisotopic (exact) mass is 385 g/mol. The lowest BCUT2D eigenvalue weighted by Gasteiger charge is -2.15. The van der Waals surface area contributed by atoms with E-state index in [1.807, 2.05) is 6.07 Å². The van der Waals surface area contributed by atoms with Crippen molar-refractivity contribution in [3.05, 3.63) is 50.4 Å². The molecule has 1 aromatic heterocycles. The molecule has 0 aliphatic heterocycles. The van der Waals surface area contributed by atoms with E-state index in [0.29, 0.717) is 11.8 Å². The Bertz CT molecular complexity index is 588. The smallest absolute Gasteiger partial charge is 0.0931 e. The van der Waals surface area contributed by atoms with Gasteiger partial charge in [0.2, 0.25) is 0 Å². The topological polar surface area (TPSA) is 12.9 Å². The molecule has 2 rings (SSSR count). The Labute approximate surface area is 144 Å². The predicted molar refractivity (Wildman–Crippen MR) is 96.6 cm³/mol.